The van der Waals surface area contributed by atoms with Crippen molar-refractivity contribution in [3.8, 4) is 5.75 Å². The molecule has 8 nitrogen and oxygen atoms in total. The fraction of sp³-hybridized carbons (Fsp3) is 0.375. The summed E-state index contributed by atoms with van der Waals surface area (Å²) in [6.45, 7) is 1.43. The first-order valence-electron chi connectivity index (χ1n) is 8.06. The first kappa shape index (κ1) is 15.7. The van der Waals surface area contributed by atoms with E-state index in [9.17, 15) is 4.39 Å². The molecule has 25 heavy (non-hydrogen) atoms. The van der Waals surface area contributed by atoms with Gasteiger partial charge in [-0.3, -0.25) is 0 Å². The number of benzene rings is 1. The molecule has 9 heteroatoms. The number of aromatic nitrogens is 5. The Balaban J connectivity index is 1.26. The van der Waals surface area contributed by atoms with Gasteiger partial charge < -0.3 is 14.6 Å². The lowest BCUT2D eigenvalue weighted by Crippen LogP contribution is -2.37. The molecule has 3 aromatic rings. The van der Waals surface area contributed by atoms with Crippen LogP contribution in [0.2, 0.25) is 0 Å². The molecule has 130 valence electrons. The van der Waals surface area contributed by atoms with Gasteiger partial charge in [0.1, 0.15) is 23.7 Å². The van der Waals surface area contributed by atoms with Crippen molar-refractivity contribution in [3.05, 3.63) is 53.9 Å². The van der Waals surface area contributed by atoms with Crippen LogP contribution in [0.3, 0.4) is 0 Å². The van der Waals surface area contributed by atoms with E-state index in [1.807, 2.05) is 4.68 Å². The first-order chi connectivity index (χ1) is 12.3. The predicted octanol–water partition coefficient (Wildman–Crippen LogP) is 1.48. The standard InChI is InChI=1S/C16H17FN6O2/c17-11-1-4-13(5-2-11)24-9-14-21-16(25-22-14)7-18-12-3-6-15-19-10-20-23(15)8-12/h1-2,4-5,10,12,18H,3,6-9H2. The van der Waals surface area contributed by atoms with Gasteiger partial charge in [0.2, 0.25) is 11.7 Å². The second-order valence-corrected chi connectivity index (χ2v) is 5.82. The number of nitrogens with one attached hydrogen (secondary N) is 1. The summed E-state index contributed by atoms with van der Waals surface area (Å²) in [5.74, 6) is 2.22. The molecular weight excluding hydrogens is 327 g/mol. The van der Waals surface area contributed by atoms with Crippen molar-refractivity contribution < 1.29 is 13.7 Å². The summed E-state index contributed by atoms with van der Waals surface area (Å²) in [5.41, 5.74) is 0. The molecule has 1 aliphatic rings. The third kappa shape index (κ3) is 3.82. The second-order valence-electron chi connectivity index (χ2n) is 5.82. The maximum Gasteiger partial charge on any atom is 0.240 e. The molecule has 1 aliphatic heterocycles. The molecule has 1 aromatic carbocycles. The Labute approximate surface area is 143 Å². The predicted molar refractivity (Wildman–Crippen MR) is 84.0 cm³/mol. The van der Waals surface area contributed by atoms with E-state index in [0.29, 0.717) is 30.1 Å². The van der Waals surface area contributed by atoms with Crippen LogP contribution in [0.25, 0.3) is 0 Å². The van der Waals surface area contributed by atoms with Crippen LogP contribution in [-0.4, -0.2) is 30.9 Å². The van der Waals surface area contributed by atoms with Gasteiger partial charge in [0.15, 0.2) is 6.61 Å². The fourth-order valence-corrected chi connectivity index (χ4v) is 2.74. The average Bonchev–Trinajstić information content (AvgIpc) is 3.28. The van der Waals surface area contributed by atoms with Crippen molar-refractivity contribution in [2.45, 2.75) is 38.6 Å². The third-order valence-corrected chi connectivity index (χ3v) is 4.04. The maximum absolute atomic E-state index is 12.8. The van der Waals surface area contributed by atoms with Crippen LogP contribution < -0.4 is 10.1 Å². The lowest BCUT2D eigenvalue weighted by molar-refractivity contribution is 0.282. The van der Waals surface area contributed by atoms with E-state index in [1.54, 1.807) is 18.5 Å². The van der Waals surface area contributed by atoms with Crippen LogP contribution in [0, 0.1) is 5.82 Å². The maximum atomic E-state index is 12.8. The zero-order valence-electron chi connectivity index (χ0n) is 13.4. The Morgan fingerprint density at radius 3 is 3.08 bits per heavy atom. The van der Waals surface area contributed by atoms with Gasteiger partial charge in [0.25, 0.3) is 0 Å². The SMILES string of the molecule is Fc1ccc(OCc2noc(CNC3CCc4ncnn4C3)n2)cc1. The molecule has 1 atom stereocenters. The van der Waals surface area contributed by atoms with Gasteiger partial charge in [0, 0.05) is 12.5 Å². The summed E-state index contributed by atoms with van der Waals surface area (Å²) in [6, 6.07) is 6.08. The highest BCUT2D eigenvalue weighted by atomic mass is 19.1. The molecule has 4 rings (SSSR count). The Morgan fingerprint density at radius 1 is 1.32 bits per heavy atom. The van der Waals surface area contributed by atoms with Crippen molar-refractivity contribution in [2.24, 2.45) is 0 Å². The monoisotopic (exact) mass is 344 g/mol. The average molecular weight is 344 g/mol. The lowest BCUT2D eigenvalue weighted by atomic mass is 10.1. The van der Waals surface area contributed by atoms with Crippen LogP contribution in [0.1, 0.15) is 24.0 Å². The second kappa shape index (κ2) is 6.98. The molecule has 0 bridgehead atoms. The first-order valence-corrected chi connectivity index (χ1v) is 8.06. The van der Waals surface area contributed by atoms with Gasteiger partial charge in [-0.25, -0.2) is 14.1 Å². The molecule has 1 N–H and O–H groups in total. The third-order valence-electron chi connectivity index (χ3n) is 4.04. The number of hydrogen-bond donors (Lipinski definition) is 1. The van der Waals surface area contributed by atoms with Crippen molar-refractivity contribution in [2.75, 3.05) is 0 Å². The van der Waals surface area contributed by atoms with E-state index in [1.165, 1.54) is 12.1 Å². The van der Waals surface area contributed by atoms with E-state index in [0.717, 1.165) is 25.2 Å². The summed E-state index contributed by atoms with van der Waals surface area (Å²) in [7, 11) is 0. The zero-order valence-corrected chi connectivity index (χ0v) is 13.4. The van der Waals surface area contributed by atoms with E-state index in [2.05, 4.69) is 25.5 Å². The van der Waals surface area contributed by atoms with Gasteiger partial charge in [-0.1, -0.05) is 5.16 Å². The van der Waals surface area contributed by atoms with Crippen LogP contribution >= 0.6 is 0 Å². The van der Waals surface area contributed by atoms with Gasteiger partial charge >= 0.3 is 0 Å². The molecule has 3 heterocycles. The summed E-state index contributed by atoms with van der Waals surface area (Å²) >= 11 is 0. The molecular formula is C16H17FN6O2. The number of hydrogen-bond acceptors (Lipinski definition) is 7. The molecule has 0 spiro atoms. The van der Waals surface area contributed by atoms with E-state index < -0.39 is 0 Å². The fourth-order valence-electron chi connectivity index (χ4n) is 2.74. The Bertz CT molecular complexity index is 831. The number of nitrogens with zero attached hydrogens (tertiary/aromatic N) is 5. The summed E-state index contributed by atoms with van der Waals surface area (Å²) < 4.78 is 25.5. The summed E-state index contributed by atoms with van der Waals surface area (Å²) in [4.78, 5) is 8.50. The number of fused-ring (bicyclic) bond motifs is 1. The van der Waals surface area contributed by atoms with Gasteiger partial charge in [0.05, 0.1) is 13.1 Å². The largest absolute Gasteiger partial charge is 0.485 e. The van der Waals surface area contributed by atoms with Crippen LogP contribution in [0.4, 0.5) is 4.39 Å². The Morgan fingerprint density at radius 2 is 2.20 bits per heavy atom. The summed E-state index contributed by atoms with van der Waals surface area (Å²) in [6.07, 6.45) is 3.48. The highest BCUT2D eigenvalue weighted by Crippen LogP contribution is 2.14. The quantitative estimate of drug-likeness (QED) is 0.724. The number of halogens is 1. The van der Waals surface area contributed by atoms with Gasteiger partial charge in [-0.05, 0) is 30.7 Å². The van der Waals surface area contributed by atoms with Crippen LogP contribution in [-0.2, 0) is 26.1 Å². The smallest absolute Gasteiger partial charge is 0.240 e. The van der Waals surface area contributed by atoms with Crippen molar-refractivity contribution >= 4 is 0 Å². The molecule has 0 radical (unpaired) electrons. The van der Waals surface area contributed by atoms with Crippen molar-refractivity contribution in [1.29, 1.82) is 0 Å². The van der Waals surface area contributed by atoms with E-state index in [4.69, 9.17) is 9.26 Å². The Hall–Kier alpha value is -2.81. The number of ether oxygens (including phenoxy) is 1. The number of aryl methyl sites for hydroxylation is 1. The normalized spacial score (nSPS) is 16.6. The van der Waals surface area contributed by atoms with Crippen molar-refractivity contribution in [3.63, 3.8) is 0 Å². The molecule has 2 aromatic heterocycles. The molecule has 0 fully saturated rings. The van der Waals surface area contributed by atoms with Crippen molar-refractivity contribution in [1.82, 2.24) is 30.2 Å². The minimum absolute atomic E-state index is 0.168. The molecule has 0 aliphatic carbocycles. The molecule has 0 saturated heterocycles. The van der Waals surface area contributed by atoms with Gasteiger partial charge in [-0.15, -0.1) is 0 Å². The summed E-state index contributed by atoms with van der Waals surface area (Å²) in [5, 5.41) is 11.5. The van der Waals surface area contributed by atoms with Crippen LogP contribution in [0.5, 0.6) is 5.75 Å². The number of rotatable bonds is 6. The molecule has 1 unspecified atom stereocenters. The Kier molecular flexibility index (Phi) is 4.38. The highest BCUT2D eigenvalue weighted by molar-refractivity contribution is 5.22. The zero-order chi connectivity index (χ0) is 17.1. The van der Waals surface area contributed by atoms with Crippen LogP contribution in [0.15, 0.2) is 35.1 Å². The van der Waals surface area contributed by atoms with E-state index in [-0.39, 0.29) is 12.4 Å². The lowest BCUT2D eigenvalue weighted by Gasteiger charge is -2.22. The van der Waals surface area contributed by atoms with E-state index >= 15 is 0 Å². The topological polar surface area (TPSA) is 90.9 Å². The minimum Gasteiger partial charge on any atom is -0.485 e. The van der Waals surface area contributed by atoms with Gasteiger partial charge in [-0.2, -0.15) is 10.1 Å². The molecule has 0 amide bonds. The highest BCUT2D eigenvalue weighted by Gasteiger charge is 2.20. The molecule has 0 saturated carbocycles. The minimum atomic E-state index is -0.305.